The summed E-state index contributed by atoms with van der Waals surface area (Å²) in [4.78, 5) is 0. The van der Waals surface area contributed by atoms with Gasteiger partial charge in [-0.2, -0.15) is 0 Å². The van der Waals surface area contributed by atoms with Gasteiger partial charge in [0.25, 0.3) is 5.91 Å². The summed E-state index contributed by atoms with van der Waals surface area (Å²) in [5.74, 6) is -2.67. The number of aliphatic hydroxyl groups excluding tert-OH is 1. The average Bonchev–Trinajstić information content (AvgIpc) is 1.69. The van der Waals surface area contributed by atoms with Crippen molar-refractivity contribution < 1.29 is 36.4 Å². The first-order chi connectivity index (χ1) is 3.94. The third kappa shape index (κ3) is 8.18. The molecule has 0 saturated carbocycles. The topological polar surface area (TPSA) is 130 Å². The first kappa shape index (κ1) is 11.9. The van der Waals surface area contributed by atoms with E-state index in [-0.39, 0.29) is 0 Å². The molecule has 6 nitrogen and oxygen atoms in total. The fourth-order valence-corrected chi connectivity index (χ4v) is 0. The molecule has 1 atom stereocenters. The van der Waals surface area contributed by atoms with Gasteiger partial charge in [0.05, 0.1) is 0 Å². The molecule has 0 aromatic heterocycles. The van der Waals surface area contributed by atoms with Crippen molar-refractivity contribution in [1.82, 2.24) is 0 Å². The molecule has 0 saturated heterocycles. The van der Waals surface area contributed by atoms with Gasteiger partial charge in [-0.15, -0.1) is 0 Å². The molecule has 0 spiro atoms. The van der Waals surface area contributed by atoms with Gasteiger partial charge < -0.3 is 21.1 Å². The van der Waals surface area contributed by atoms with E-state index in [1.54, 1.807) is 0 Å². The Kier molecular flexibility index (Phi) is 6.63. The molecule has 0 aliphatic carbocycles. The van der Waals surface area contributed by atoms with Crippen LogP contribution < -0.4 is 11.5 Å². The van der Waals surface area contributed by atoms with Crippen molar-refractivity contribution in [2.75, 3.05) is 0 Å². The van der Waals surface area contributed by atoms with Crippen LogP contribution in [0.2, 0.25) is 0 Å². The zero-order valence-electron chi connectivity index (χ0n) is 4.43. The summed E-state index contributed by atoms with van der Waals surface area (Å²) in [5, 5.41) is 24.1. The van der Waals surface area contributed by atoms with Crippen molar-refractivity contribution in [2.45, 2.75) is 12.1 Å². The number of aliphatic hydroxyl groups is 3. The third-order valence-corrected chi connectivity index (χ3v) is 0.435. The van der Waals surface area contributed by atoms with Gasteiger partial charge in [-0.3, -0.25) is 5.73 Å². The molecular formula is C2H8N2O4V. The molecule has 0 fully saturated rings. The van der Waals surface area contributed by atoms with Crippen LogP contribution in [0.15, 0.2) is 0 Å². The van der Waals surface area contributed by atoms with Crippen molar-refractivity contribution in [3.8, 4) is 0 Å². The molecule has 1 unspecified atom stereocenters. The molecule has 0 rings (SSSR count). The molecule has 55 valence electrons. The van der Waals surface area contributed by atoms with Gasteiger partial charge in [-0.05, 0) is 0 Å². The van der Waals surface area contributed by atoms with E-state index >= 15 is 0 Å². The zero-order chi connectivity index (χ0) is 8.08. The number of rotatable bonds is 1. The molecule has 0 bridgehead atoms. The van der Waals surface area contributed by atoms with Gasteiger partial charge in [0.2, 0.25) is 0 Å². The van der Waals surface area contributed by atoms with Crippen LogP contribution in [0.25, 0.3) is 0 Å². The number of hydrogen-bond donors (Lipinski definition) is 5. The maximum atomic E-state index is 8.19. The molecule has 0 aliphatic heterocycles. The second-order valence-corrected chi connectivity index (χ2v) is 1.23. The first-order valence-electron chi connectivity index (χ1n) is 1.80. The summed E-state index contributed by atoms with van der Waals surface area (Å²) in [6.07, 6.45) is -1.81. The Labute approximate surface area is 60.7 Å². The quantitative estimate of drug-likeness (QED) is 0.266. The Balaban J connectivity index is 0. The summed E-state index contributed by atoms with van der Waals surface area (Å²) in [6, 6.07) is 0. The Hall–Kier alpha value is 0.184. The van der Waals surface area contributed by atoms with E-state index in [1.807, 2.05) is 0 Å². The number of hydrogen-bond acceptors (Lipinski definition) is 6. The van der Waals surface area contributed by atoms with E-state index in [0.717, 1.165) is 17.4 Å². The Morgan fingerprint density at radius 1 is 1.44 bits per heavy atom. The molecule has 0 aliphatic rings. The summed E-state index contributed by atoms with van der Waals surface area (Å²) in [7, 11) is 0. The monoisotopic (exact) mass is 175 g/mol. The van der Waals surface area contributed by atoms with Crippen LogP contribution in [-0.4, -0.2) is 27.5 Å². The molecule has 7 heteroatoms. The van der Waals surface area contributed by atoms with E-state index < -0.39 is 12.1 Å². The molecule has 0 aromatic carbocycles. The second-order valence-electron chi connectivity index (χ2n) is 1.23. The summed E-state index contributed by atoms with van der Waals surface area (Å²) in [6.45, 7) is 0. The average molecular weight is 175 g/mol. The Morgan fingerprint density at radius 2 is 1.56 bits per heavy atom. The summed E-state index contributed by atoms with van der Waals surface area (Å²) in [5.41, 5.74) is 8.91. The van der Waals surface area contributed by atoms with Crippen molar-refractivity contribution in [2.24, 2.45) is 11.5 Å². The standard InChI is InChI=1S/C2H8N2O3.O.V/c3-1(5)2(4,6)7;;/h1,5-7H,3-4H2;;. The van der Waals surface area contributed by atoms with Crippen LogP contribution in [0.5, 0.6) is 0 Å². The number of nitrogens with two attached hydrogens (primary N) is 2. The van der Waals surface area contributed by atoms with Crippen LogP contribution in [0.1, 0.15) is 0 Å². The van der Waals surface area contributed by atoms with Gasteiger partial charge >= 0.3 is 21.0 Å². The van der Waals surface area contributed by atoms with Crippen molar-refractivity contribution in [3.63, 3.8) is 0 Å². The molecule has 0 heterocycles. The second kappa shape index (κ2) is 5.01. The summed E-state index contributed by atoms with van der Waals surface area (Å²) >= 11 is 1.06. The zero-order valence-corrected chi connectivity index (χ0v) is 5.83. The van der Waals surface area contributed by atoms with Gasteiger partial charge in [0.15, 0.2) is 6.23 Å². The minimum atomic E-state index is -2.67. The van der Waals surface area contributed by atoms with Crippen LogP contribution in [0, 0.1) is 0 Å². The van der Waals surface area contributed by atoms with Crippen LogP contribution >= 0.6 is 0 Å². The fraction of sp³-hybridized carbons (Fsp3) is 1.00. The fourth-order valence-electron chi connectivity index (χ4n) is 0. The van der Waals surface area contributed by atoms with E-state index in [0.29, 0.717) is 0 Å². The van der Waals surface area contributed by atoms with Crippen molar-refractivity contribution in [3.05, 3.63) is 0 Å². The normalized spacial score (nSPS) is 13.3. The maximum absolute atomic E-state index is 8.19. The van der Waals surface area contributed by atoms with Crippen LogP contribution in [-0.2, 0) is 21.0 Å². The molecule has 0 radical (unpaired) electrons. The van der Waals surface area contributed by atoms with Gasteiger partial charge in [0.1, 0.15) is 0 Å². The predicted octanol–water partition coefficient (Wildman–Crippen LogP) is -3.26. The molecule has 9 heavy (non-hydrogen) atoms. The van der Waals surface area contributed by atoms with Crippen LogP contribution in [0.3, 0.4) is 0 Å². The van der Waals surface area contributed by atoms with E-state index in [2.05, 4.69) is 11.5 Å². The predicted molar refractivity (Wildman–Crippen MR) is 22.2 cm³/mol. The van der Waals surface area contributed by atoms with Crippen molar-refractivity contribution >= 4 is 0 Å². The molecule has 0 aromatic rings. The molecule has 7 N–H and O–H groups in total. The van der Waals surface area contributed by atoms with Crippen LogP contribution in [0.4, 0.5) is 0 Å². The van der Waals surface area contributed by atoms with Gasteiger partial charge in [0, 0.05) is 0 Å². The Bertz CT molecular complexity index is 71.5. The van der Waals surface area contributed by atoms with E-state index in [9.17, 15) is 0 Å². The Morgan fingerprint density at radius 3 is 1.56 bits per heavy atom. The van der Waals surface area contributed by atoms with Crippen molar-refractivity contribution in [1.29, 1.82) is 0 Å². The first-order valence-corrected chi connectivity index (χ1v) is 2.37. The van der Waals surface area contributed by atoms with E-state index in [1.165, 1.54) is 0 Å². The summed E-state index contributed by atoms with van der Waals surface area (Å²) < 4.78 is 8.19. The van der Waals surface area contributed by atoms with Gasteiger partial charge in [-0.25, -0.2) is 0 Å². The SMILES string of the molecule is NC(O)C(N)(O)O.[O]=[V]. The van der Waals surface area contributed by atoms with E-state index in [4.69, 9.17) is 19.0 Å². The van der Waals surface area contributed by atoms with Gasteiger partial charge in [-0.1, -0.05) is 0 Å². The molecular weight excluding hydrogens is 167 g/mol. The molecule has 0 amide bonds. The minimum absolute atomic E-state index is 1.06. The third-order valence-electron chi connectivity index (χ3n) is 0.435.